The molecule has 0 spiro atoms. The molecule has 2 N–H and O–H groups in total. The summed E-state index contributed by atoms with van der Waals surface area (Å²) in [5.41, 5.74) is 7.26. The molecule has 0 fully saturated rings. The quantitative estimate of drug-likeness (QED) is 0.800. The Labute approximate surface area is 109 Å². The van der Waals surface area contributed by atoms with E-state index in [2.05, 4.69) is 5.10 Å². The van der Waals surface area contributed by atoms with Crippen molar-refractivity contribution in [3.05, 3.63) is 33.8 Å². The molecule has 0 saturated heterocycles. The third kappa shape index (κ3) is 2.29. The first kappa shape index (κ1) is 11.6. The van der Waals surface area contributed by atoms with E-state index in [-0.39, 0.29) is 5.11 Å². The Kier molecular flexibility index (Phi) is 3.33. The van der Waals surface area contributed by atoms with Crippen molar-refractivity contribution >= 4 is 46.2 Å². The van der Waals surface area contributed by atoms with Crippen LogP contribution < -0.4 is 5.73 Å². The minimum Gasteiger partial charge on any atom is -0.375 e. The minimum absolute atomic E-state index is 0.278. The van der Waals surface area contributed by atoms with Gasteiger partial charge in [0, 0.05) is 23.6 Å². The highest BCUT2D eigenvalue weighted by Gasteiger charge is 2.19. The molecule has 0 saturated carbocycles. The van der Waals surface area contributed by atoms with Crippen molar-refractivity contribution in [1.29, 1.82) is 0 Å². The SMILES string of the molecule is NC(=S)N1CCC(c2ccc(Cl)cc2Cl)=N1. The maximum absolute atomic E-state index is 6.09. The molecule has 0 unspecified atom stereocenters. The van der Waals surface area contributed by atoms with Gasteiger partial charge in [0.15, 0.2) is 5.11 Å². The van der Waals surface area contributed by atoms with Crippen molar-refractivity contribution in [3.63, 3.8) is 0 Å². The molecular formula is C10H9Cl2N3S. The van der Waals surface area contributed by atoms with Crippen molar-refractivity contribution in [2.24, 2.45) is 10.8 Å². The highest BCUT2D eigenvalue weighted by atomic mass is 35.5. The molecule has 0 bridgehead atoms. The van der Waals surface area contributed by atoms with E-state index in [4.69, 9.17) is 41.2 Å². The normalized spacial score (nSPS) is 15.1. The predicted octanol–water partition coefficient (Wildman–Crippen LogP) is 2.65. The summed E-state index contributed by atoms with van der Waals surface area (Å²) in [6.45, 7) is 0.698. The zero-order valence-electron chi connectivity index (χ0n) is 8.28. The molecule has 1 aliphatic heterocycles. The van der Waals surface area contributed by atoms with Crippen molar-refractivity contribution < 1.29 is 0 Å². The van der Waals surface area contributed by atoms with Crippen LogP contribution in [0.15, 0.2) is 23.3 Å². The molecule has 84 valence electrons. The lowest BCUT2D eigenvalue weighted by Gasteiger charge is -2.08. The van der Waals surface area contributed by atoms with E-state index in [1.165, 1.54) is 0 Å². The van der Waals surface area contributed by atoms with Gasteiger partial charge in [0.05, 0.1) is 10.7 Å². The van der Waals surface area contributed by atoms with Crippen LogP contribution in [0.2, 0.25) is 10.0 Å². The largest absolute Gasteiger partial charge is 0.375 e. The maximum atomic E-state index is 6.09. The van der Waals surface area contributed by atoms with E-state index in [9.17, 15) is 0 Å². The Bertz CT molecular complexity index is 473. The molecule has 1 heterocycles. The first-order chi connectivity index (χ1) is 7.58. The summed E-state index contributed by atoms with van der Waals surface area (Å²) < 4.78 is 0. The Morgan fingerprint density at radius 3 is 2.75 bits per heavy atom. The van der Waals surface area contributed by atoms with Gasteiger partial charge in [-0.2, -0.15) is 5.10 Å². The third-order valence-corrected chi connectivity index (χ3v) is 3.06. The average Bonchev–Trinajstić information content (AvgIpc) is 2.66. The summed E-state index contributed by atoms with van der Waals surface area (Å²) in [6, 6.07) is 5.34. The standard InChI is InChI=1S/C10H9Cl2N3S/c11-6-1-2-7(8(12)5-6)9-3-4-15(14-9)10(13)16/h1-2,5H,3-4H2,(H2,13,16). The number of nitrogens with zero attached hydrogens (tertiary/aromatic N) is 2. The number of thiocarbonyl (C=S) groups is 1. The Hall–Kier alpha value is -0.840. The van der Waals surface area contributed by atoms with Crippen LogP contribution in [0.25, 0.3) is 0 Å². The molecule has 2 rings (SSSR count). The van der Waals surface area contributed by atoms with Crippen LogP contribution in [0, 0.1) is 0 Å². The molecule has 1 aromatic rings. The summed E-state index contributed by atoms with van der Waals surface area (Å²) >= 11 is 16.8. The molecule has 16 heavy (non-hydrogen) atoms. The lowest BCUT2D eigenvalue weighted by atomic mass is 10.1. The molecule has 0 aromatic heterocycles. The lowest BCUT2D eigenvalue weighted by molar-refractivity contribution is 0.495. The first-order valence-electron chi connectivity index (χ1n) is 4.68. The second kappa shape index (κ2) is 4.57. The first-order valence-corrected chi connectivity index (χ1v) is 5.84. The summed E-state index contributed by atoms with van der Waals surface area (Å²) in [5, 5.41) is 7.38. The molecule has 0 radical (unpaired) electrons. The van der Waals surface area contributed by atoms with Crippen LogP contribution in [0.4, 0.5) is 0 Å². The molecule has 0 atom stereocenters. The molecule has 1 aromatic carbocycles. The van der Waals surface area contributed by atoms with Gasteiger partial charge in [0.1, 0.15) is 0 Å². The Balaban J connectivity index is 2.32. The van der Waals surface area contributed by atoms with Gasteiger partial charge in [0.2, 0.25) is 0 Å². The molecule has 0 amide bonds. The van der Waals surface area contributed by atoms with Crippen molar-refractivity contribution in [2.45, 2.75) is 6.42 Å². The van der Waals surface area contributed by atoms with Crippen LogP contribution in [-0.4, -0.2) is 22.4 Å². The summed E-state index contributed by atoms with van der Waals surface area (Å²) in [5.74, 6) is 0. The van der Waals surface area contributed by atoms with Crippen molar-refractivity contribution in [1.82, 2.24) is 5.01 Å². The van der Waals surface area contributed by atoms with Gasteiger partial charge in [-0.1, -0.05) is 29.3 Å². The van der Waals surface area contributed by atoms with E-state index in [1.54, 1.807) is 17.1 Å². The average molecular weight is 274 g/mol. The van der Waals surface area contributed by atoms with Crippen LogP contribution in [0.3, 0.4) is 0 Å². The third-order valence-electron chi connectivity index (χ3n) is 2.30. The van der Waals surface area contributed by atoms with E-state index in [1.807, 2.05) is 6.07 Å². The fourth-order valence-corrected chi connectivity index (χ4v) is 2.18. The van der Waals surface area contributed by atoms with Crippen molar-refractivity contribution in [2.75, 3.05) is 6.54 Å². The summed E-state index contributed by atoms with van der Waals surface area (Å²) in [6.07, 6.45) is 0.776. The topological polar surface area (TPSA) is 41.6 Å². The van der Waals surface area contributed by atoms with Crippen LogP contribution >= 0.6 is 35.4 Å². The lowest BCUT2D eigenvalue weighted by Crippen LogP contribution is -2.28. The van der Waals surface area contributed by atoms with Gasteiger partial charge < -0.3 is 5.73 Å². The van der Waals surface area contributed by atoms with Crippen LogP contribution in [-0.2, 0) is 0 Å². The van der Waals surface area contributed by atoms with Gasteiger partial charge in [-0.15, -0.1) is 0 Å². The number of nitrogens with two attached hydrogens (primary N) is 1. The van der Waals surface area contributed by atoms with Gasteiger partial charge >= 0.3 is 0 Å². The van der Waals surface area contributed by atoms with E-state index >= 15 is 0 Å². The van der Waals surface area contributed by atoms with E-state index in [0.29, 0.717) is 16.6 Å². The Morgan fingerprint density at radius 1 is 1.44 bits per heavy atom. The van der Waals surface area contributed by atoms with Gasteiger partial charge in [-0.05, 0) is 24.4 Å². The molecule has 6 heteroatoms. The van der Waals surface area contributed by atoms with Crippen molar-refractivity contribution in [3.8, 4) is 0 Å². The smallest absolute Gasteiger partial charge is 0.186 e. The number of rotatable bonds is 1. The summed E-state index contributed by atoms with van der Waals surface area (Å²) in [7, 11) is 0. The number of benzene rings is 1. The second-order valence-corrected chi connectivity index (χ2v) is 4.64. The van der Waals surface area contributed by atoms with Gasteiger partial charge in [0.25, 0.3) is 0 Å². The highest BCUT2D eigenvalue weighted by Crippen LogP contribution is 2.24. The number of halogens is 2. The van der Waals surface area contributed by atoms with E-state index in [0.717, 1.165) is 17.7 Å². The van der Waals surface area contributed by atoms with Gasteiger partial charge in [-0.25, -0.2) is 5.01 Å². The number of hydrogen-bond acceptors (Lipinski definition) is 2. The fraction of sp³-hybridized carbons (Fsp3) is 0.200. The zero-order valence-corrected chi connectivity index (χ0v) is 10.6. The molecule has 3 nitrogen and oxygen atoms in total. The monoisotopic (exact) mass is 273 g/mol. The van der Waals surface area contributed by atoms with Crippen LogP contribution in [0.1, 0.15) is 12.0 Å². The zero-order chi connectivity index (χ0) is 11.7. The second-order valence-electron chi connectivity index (χ2n) is 3.38. The molecule has 0 aliphatic carbocycles. The molecule has 1 aliphatic rings. The minimum atomic E-state index is 0.278. The fourth-order valence-electron chi connectivity index (χ4n) is 1.53. The van der Waals surface area contributed by atoms with Crippen LogP contribution in [0.5, 0.6) is 0 Å². The maximum Gasteiger partial charge on any atom is 0.186 e. The molecular weight excluding hydrogens is 265 g/mol. The van der Waals surface area contributed by atoms with E-state index < -0.39 is 0 Å². The number of hydrogen-bond donors (Lipinski definition) is 1. The highest BCUT2D eigenvalue weighted by molar-refractivity contribution is 7.80. The number of hydrazone groups is 1. The Morgan fingerprint density at radius 2 is 2.19 bits per heavy atom. The van der Waals surface area contributed by atoms with Gasteiger partial charge in [-0.3, -0.25) is 0 Å². The predicted molar refractivity (Wildman–Crippen MR) is 71.1 cm³/mol. The summed E-state index contributed by atoms with van der Waals surface area (Å²) in [4.78, 5) is 0.